The second-order valence-electron chi connectivity index (χ2n) is 7.60. The zero-order chi connectivity index (χ0) is 18.6. The molecule has 2 bridgehead atoms. The van der Waals surface area contributed by atoms with Crippen LogP contribution in [0.25, 0.3) is 0 Å². The van der Waals surface area contributed by atoms with Gasteiger partial charge in [-0.25, -0.2) is 0 Å². The predicted molar refractivity (Wildman–Crippen MR) is 96.1 cm³/mol. The lowest BCUT2D eigenvalue weighted by atomic mass is 10.0. The highest BCUT2D eigenvalue weighted by Crippen LogP contribution is 2.34. The van der Waals surface area contributed by atoms with Crippen LogP contribution in [0.3, 0.4) is 0 Å². The third kappa shape index (κ3) is 5.04. The van der Waals surface area contributed by atoms with Gasteiger partial charge in [0.15, 0.2) is 5.79 Å². The van der Waals surface area contributed by atoms with Gasteiger partial charge in [-0.15, -0.1) is 0 Å². The largest absolute Gasteiger partial charge is 0.461 e. The number of hydrogen-bond donors (Lipinski definition) is 2. The fraction of sp³-hybridized carbons (Fsp3) is 0.650. The summed E-state index contributed by atoms with van der Waals surface area (Å²) in [7, 11) is 0. The molecule has 6 heteroatoms. The number of ether oxygens (including phenoxy) is 2. The number of hydrogen-bond acceptors (Lipinski definition) is 6. The second-order valence-corrected chi connectivity index (χ2v) is 7.60. The molecule has 0 amide bonds. The summed E-state index contributed by atoms with van der Waals surface area (Å²) >= 11 is 0. The summed E-state index contributed by atoms with van der Waals surface area (Å²) in [4.78, 5) is 14.2. The first-order valence-corrected chi connectivity index (χ1v) is 9.46. The number of likely N-dealkylation sites (tertiary alicyclic amines) is 1. The van der Waals surface area contributed by atoms with Crippen LogP contribution in [0.4, 0.5) is 0 Å². The molecule has 144 valence electrons. The molecular formula is C20H29NO5. The molecule has 2 fully saturated rings. The first kappa shape index (κ1) is 19.3. The van der Waals surface area contributed by atoms with E-state index in [0.29, 0.717) is 26.1 Å². The van der Waals surface area contributed by atoms with Crippen LogP contribution in [0.1, 0.15) is 38.2 Å². The molecule has 3 rings (SSSR count). The fourth-order valence-corrected chi connectivity index (χ4v) is 3.74. The summed E-state index contributed by atoms with van der Waals surface area (Å²) in [5, 5.41) is 20.1. The molecule has 0 radical (unpaired) electrons. The molecule has 0 unspecified atom stereocenters. The van der Waals surface area contributed by atoms with E-state index in [-0.39, 0.29) is 18.0 Å². The van der Waals surface area contributed by atoms with Gasteiger partial charge < -0.3 is 19.7 Å². The highest BCUT2D eigenvalue weighted by Gasteiger charge is 2.49. The van der Waals surface area contributed by atoms with Gasteiger partial charge in [-0.3, -0.25) is 9.69 Å². The molecule has 1 aromatic rings. The van der Waals surface area contributed by atoms with Crippen LogP contribution in [0.15, 0.2) is 30.3 Å². The van der Waals surface area contributed by atoms with Gasteiger partial charge in [-0.05, 0) is 24.9 Å². The third-order valence-corrected chi connectivity index (χ3v) is 5.22. The molecule has 2 saturated heterocycles. The molecular weight excluding hydrogens is 334 g/mol. The quantitative estimate of drug-likeness (QED) is 0.541. The van der Waals surface area contributed by atoms with Crippen molar-refractivity contribution in [1.29, 1.82) is 0 Å². The summed E-state index contributed by atoms with van der Waals surface area (Å²) in [5.41, 5.74) is 0.995. The zero-order valence-electron chi connectivity index (χ0n) is 15.3. The Morgan fingerprint density at radius 1 is 1.38 bits per heavy atom. The van der Waals surface area contributed by atoms with Crippen molar-refractivity contribution in [3.05, 3.63) is 35.9 Å². The summed E-state index contributed by atoms with van der Waals surface area (Å²) < 4.78 is 10.8. The number of nitrogens with zero attached hydrogens (tertiary/aromatic N) is 1. The molecule has 2 aliphatic rings. The Bertz CT molecular complexity index is 591. The van der Waals surface area contributed by atoms with E-state index in [1.807, 2.05) is 37.3 Å². The van der Waals surface area contributed by atoms with Crippen LogP contribution in [-0.2, 0) is 20.9 Å². The number of benzene rings is 1. The summed E-state index contributed by atoms with van der Waals surface area (Å²) in [6.45, 7) is 4.15. The number of morpholine rings is 1. The molecule has 26 heavy (non-hydrogen) atoms. The van der Waals surface area contributed by atoms with Gasteiger partial charge in [0.25, 0.3) is 0 Å². The molecule has 2 N–H and O–H groups in total. The van der Waals surface area contributed by atoms with Crippen molar-refractivity contribution in [2.75, 3.05) is 19.6 Å². The van der Waals surface area contributed by atoms with E-state index >= 15 is 0 Å². The number of aliphatic hydroxyl groups is 2. The standard InChI is InChI=1S/C20H29NO5/c1-15(19(23)25-13-16-8-3-2-4-9-16)7-5-6-10-21-12-18-17(22)11-20(24,14-21)26-18/h2-4,8-9,15,17-18,22,24H,5-7,10-14H2,1H3/t15-,17-,18+,20+/m0/s1. The number of carbonyl (C=O) groups is 1. The minimum Gasteiger partial charge on any atom is -0.461 e. The monoisotopic (exact) mass is 363 g/mol. The number of fused-ring (bicyclic) bond motifs is 2. The van der Waals surface area contributed by atoms with Gasteiger partial charge in [0, 0.05) is 13.0 Å². The maximum atomic E-state index is 12.1. The first-order chi connectivity index (χ1) is 12.5. The van der Waals surface area contributed by atoms with Crippen LogP contribution in [0.2, 0.25) is 0 Å². The topological polar surface area (TPSA) is 79.2 Å². The van der Waals surface area contributed by atoms with E-state index in [4.69, 9.17) is 9.47 Å². The van der Waals surface area contributed by atoms with E-state index in [1.54, 1.807) is 0 Å². The van der Waals surface area contributed by atoms with Crippen molar-refractivity contribution in [3.8, 4) is 0 Å². The molecule has 2 aliphatic heterocycles. The Labute approximate surface area is 154 Å². The summed E-state index contributed by atoms with van der Waals surface area (Å²) in [6, 6.07) is 9.68. The third-order valence-electron chi connectivity index (χ3n) is 5.22. The van der Waals surface area contributed by atoms with E-state index in [9.17, 15) is 15.0 Å². The van der Waals surface area contributed by atoms with Gasteiger partial charge in [-0.1, -0.05) is 43.7 Å². The Balaban J connectivity index is 1.31. The number of esters is 1. The Morgan fingerprint density at radius 2 is 2.15 bits per heavy atom. The molecule has 1 aromatic carbocycles. The molecule has 2 heterocycles. The molecule has 0 spiro atoms. The maximum Gasteiger partial charge on any atom is 0.308 e. The van der Waals surface area contributed by atoms with E-state index in [1.165, 1.54) is 0 Å². The number of unbranched alkanes of at least 4 members (excludes halogenated alkanes) is 1. The average Bonchev–Trinajstić information content (AvgIpc) is 2.84. The molecule has 4 atom stereocenters. The Hall–Kier alpha value is -1.47. The Kier molecular flexibility index (Phi) is 6.29. The van der Waals surface area contributed by atoms with Crippen molar-refractivity contribution in [3.63, 3.8) is 0 Å². The minimum atomic E-state index is -1.20. The van der Waals surface area contributed by atoms with Gasteiger partial charge in [0.1, 0.15) is 6.61 Å². The molecule has 0 saturated carbocycles. The number of aliphatic hydroxyl groups excluding tert-OH is 1. The smallest absolute Gasteiger partial charge is 0.308 e. The van der Waals surface area contributed by atoms with Crippen molar-refractivity contribution >= 4 is 5.97 Å². The minimum absolute atomic E-state index is 0.120. The number of β-amino-alcohol motifs (C(OH)–C–C–N with tert-alkyl or cyclic N) is 1. The highest BCUT2D eigenvalue weighted by molar-refractivity contribution is 5.71. The van der Waals surface area contributed by atoms with Gasteiger partial charge in [0.2, 0.25) is 0 Å². The van der Waals surface area contributed by atoms with Crippen LogP contribution in [0.5, 0.6) is 0 Å². The lowest BCUT2D eigenvalue weighted by Gasteiger charge is -2.36. The van der Waals surface area contributed by atoms with Gasteiger partial charge in [-0.2, -0.15) is 0 Å². The van der Waals surface area contributed by atoms with Crippen LogP contribution < -0.4 is 0 Å². The molecule has 6 nitrogen and oxygen atoms in total. The van der Waals surface area contributed by atoms with E-state index < -0.39 is 11.9 Å². The SMILES string of the molecule is C[C@@H](CCCCN1C[C@H]2O[C@](O)(C[C@@H]2O)C1)C(=O)OCc1ccccc1. The van der Waals surface area contributed by atoms with Crippen LogP contribution in [0, 0.1) is 5.92 Å². The zero-order valence-corrected chi connectivity index (χ0v) is 15.3. The summed E-state index contributed by atoms with van der Waals surface area (Å²) in [5.74, 6) is -1.47. The number of rotatable bonds is 8. The lowest BCUT2D eigenvalue weighted by Crippen LogP contribution is -2.51. The molecule has 0 aliphatic carbocycles. The van der Waals surface area contributed by atoms with Crippen molar-refractivity contribution < 1.29 is 24.5 Å². The molecule has 0 aromatic heterocycles. The lowest BCUT2D eigenvalue weighted by molar-refractivity contribution is -0.231. The maximum absolute atomic E-state index is 12.1. The highest BCUT2D eigenvalue weighted by atomic mass is 16.6. The van der Waals surface area contributed by atoms with E-state index in [2.05, 4.69) is 4.90 Å². The predicted octanol–water partition coefficient (Wildman–Crippen LogP) is 1.69. The Morgan fingerprint density at radius 3 is 2.88 bits per heavy atom. The van der Waals surface area contributed by atoms with Crippen molar-refractivity contribution in [1.82, 2.24) is 4.90 Å². The van der Waals surface area contributed by atoms with Crippen molar-refractivity contribution in [2.24, 2.45) is 5.92 Å². The first-order valence-electron chi connectivity index (χ1n) is 9.46. The average molecular weight is 363 g/mol. The van der Waals surface area contributed by atoms with Crippen LogP contribution >= 0.6 is 0 Å². The summed E-state index contributed by atoms with van der Waals surface area (Å²) in [6.07, 6.45) is 2.07. The van der Waals surface area contributed by atoms with Gasteiger partial charge in [0.05, 0.1) is 24.7 Å². The van der Waals surface area contributed by atoms with E-state index in [0.717, 1.165) is 31.4 Å². The van der Waals surface area contributed by atoms with Gasteiger partial charge >= 0.3 is 5.97 Å². The van der Waals surface area contributed by atoms with Crippen molar-refractivity contribution in [2.45, 2.75) is 57.2 Å². The second kappa shape index (κ2) is 8.48. The number of carbonyl (C=O) groups excluding carboxylic acids is 1. The van der Waals surface area contributed by atoms with Crippen LogP contribution in [-0.4, -0.2) is 58.7 Å². The normalized spacial score (nSPS) is 29.5. The fourth-order valence-electron chi connectivity index (χ4n) is 3.74.